The molecule has 4 nitrogen and oxygen atoms in total. The molecule has 0 saturated heterocycles. The number of ether oxygens (including phenoxy) is 1. The predicted molar refractivity (Wildman–Crippen MR) is 94.4 cm³/mol. The molecule has 1 N–H and O–H groups in total. The number of nitrogens with zero attached hydrogens (tertiary/aromatic N) is 1. The zero-order valence-electron chi connectivity index (χ0n) is 13.5. The Morgan fingerprint density at radius 3 is 2.80 bits per heavy atom. The van der Waals surface area contributed by atoms with Gasteiger partial charge in [-0.15, -0.1) is 11.3 Å². The van der Waals surface area contributed by atoms with E-state index in [9.17, 15) is 13.6 Å². The molecular formula is C18H16F2N2O2S. The number of hydrogen-bond acceptors (Lipinski definition) is 4. The molecular weight excluding hydrogens is 346 g/mol. The van der Waals surface area contributed by atoms with Gasteiger partial charge in [-0.25, -0.2) is 4.98 Å². The molecule has 0 saturated carbocycles. The average Bonchev–Trinajstić information content (AvgIpc) is 2.99. The lowest BCUT2D eigenvalue weighted by atomic mass is 10.1. The summed E-state index contributed by atoms with van der Waals surface area (Å²) in [7, 11) is 0. The first-order chi connectivity index (χ1) is 12.0. The van der Waals surface area contributed by atoms with Crippen molar-refractivity contribution in [1.82, 2.24) is 4.98 Å². The van der Waals surface area contributed by atoms with Crippen LogP contribution in [0.1, 0.15) is 17.0 Å². The van der Waals surface area contributed by atoms with Crippen molar-refractivity contribution >= 4 is 33.1 Å². The van der Waals surface area contributed by atoms with Crippen molar-refractivity contribution in [2.24, 2.45) is 0 Å². The number of anilines is 1. The Balaban J connectivity index is 1.62. The maximum atomic E-state index is 12.4. The van der Waals surface area contributed by atoms with Gasteiger partial charge in [-0.2, -0.15) is 8.78 Å². The Labute approximate surface area is 147 Å². The number of thiazole rings is 1. The number of rotatable bonds is 6. The zero-order chi connectivity index (χ0) is 17.8. The van der Waals surface area contributed by atoms with Crippen LogP contribution in [0, 0.1) is 6.92 Å². The molecule has 1 heterocycles. The lowest BCUT2D eigenvalue weighted by Crippen LogP contribution is -2.14. The second-order valence-corrected chi connectivity index (χ2v) is 6.55. The average molecular weight is 362 g/mol. The maximum Gasteiger partial charge on any atom is 0.387 e. The molecule has 7 heteroatoms. The fourth-order valence-corrected chi connectivity index (χ4v) is 3.40. The third kappa shape index (κ3) is 4.30. The van der Waals surface area contributed by atoms with Crippen LogP contribution in [0.5, 0.6) is 5.75 Å². The largest absolute Gasteiger partial charge is 0.434 e. The molecule has 0 bridgehead atoms. The van der Waals surface area contributed by atoms with Gasteiger partial charge in [0.15, 0.2) is 0 Å². The lowest BCUT2D eigenvalue weighted by molar-refractivity contribution is -0.116. The van der Waals surface area contributed by atoms with Crippen LogP contribution in [0.15, 0.2) is 42.5 Å². The summed E-state index contributed by atoms with van der Waals surface area (Å²) in [5.74, 6) is -0.143. The summed E-state index contributed by atoms with van der Waals surface area (Å²) in [6, 6.07) is 12.5. The lowest BCUT2D eigenvalue weighted by Gasteiger charge is -2.12. The van der Waals surface area contributed by atoms with Crippen molar-refractivity contribution in [2.75, 3.05) is 5.32 Å². The summed E-state index contributed by atoms with van der Waals surface area (Å²) >= 11 is 1.56. The second kappa shape index (κ2) is 7.57. The Hall–Kier alpha value is -2.54. The van der Waals surface area contributed by atoms with Crippen LogP contribution < -0.4 is 10.1 Å². The number of halogens is 2. The van der Waals surface area contributed by atoms with Crippen molar-refractivity contribution in [3.63, 3.8) is 0 Å². The summed E-state index contributed by atoms with van der Waals surface area (Å²) in [6.45, 7) is -1.27. The smallest absolute Gasteiger partial charge is 0.387 e. The van der Waals surface area contributed by atoms with Crippen molar-refractivity contribution in [3.05, 3.63) is 53.0 Å². The molecule has 3 aromatic rings. The number of para-hydroxylation sites is 1. The maximum absolute atomic E-state index is 12.4. The van der Waals surface area contributed by atoms with Gasteiger partial charge < -0.3 is 10.1 Å². The molecule has 0 unspecified atom stereocenters. The minimum absolute atomic E-state index is 0.0546. The monoisotopic (exact) mass is 362 g/mol. The normalized spacial score (nSPS) is 11.0. The molecule has 1 amide bonds. The number of fused-ring (bicyclic) bond motifs is 1. The number of carbonyl (C=O) groups excluding carboxylic acids is 1. The first-order valence-corrected chi connectivity index (χ1v) is 8.53. The summed E-state index contributed by atoms with van der Waals surface area (Å²) in [5.41, 5.74) is 1.86. The van der Waals surface area contributed by atoms with Crippen LogP contribution in [0.3, 0.4) is 0 Å². The van der Waals surface area contributed by atoms with Crippen molar-refractivity contribution in [3.8, 4) is 5.75 Å². The topological polar surface area (TPSA) is 51.2 Å². The Kier molecular flexibility index (Phi) is 5.23. The van der Waals surface area contributed by atoms with Crippen molar-refractivity contribution < 1.29 is 18.3 Å². The molecule has 3 rings (SSSR count). The highest BCUT2D eigenvalue weighted by molar-refractivity contribution is 7.18. The molecule has 130 valence electrons. The van der Waals surface area contributed by atoms with Crippen LogP contribution in [-0.2, 0) is 11.2 Å². The number of hydrogen-bond donors (Lipinski definition) is 1. The molecule has 0 aliphatic rings. The highest BCUT2D eigenvalue weighted by Crippen LogP contribution is 2.27. The van der Waals surface area contributed by atoms with Crippen molar-refractivity contribution in [1.29, 1.82) is 0 Å². The SMILES string of the molecule is Cc1c(NC(=O)CCc2nc3ccccc3s2)cccc1OC(F)F. The van der Waals surface area contributed by atoms with E-state index < -0.39 is 6.61 Å². The zero-order valence-corrected chi connectivity index (χ0v) is 14.3. The van der Waals surface area contributed by atoms with Crippen LogP contribution in [0.25, 0.3) is 10.2 Å². The number of alkyl halides is 2. The van der Waals surface area contributed by atoms with Gasteiger partial charge in [0.05, 0.1) is 15.2 Å². The fourth-order valence-electron chi connectivity index (χ4n) is 2.43. The standard InChI is InChI=1S/C18H16F2N2O2S/c1-11-12(6-4-7-14(11)24-18(19)20)21-16(23)9-10-17-22-13-5-2-3-8-15(13)25-17/h2-8,18H,9-10H2,1H3,(H,21,23). The molecule has 0 fully saturated rings. The molecule has 1 aromatic heterocycles. The summed E-state index contributed by atoms with van der Waals surface area (Å²) in [4.78, 5) is 16.7. The van der Waals surface area contributed by atoms with Gasteiger partial charge in [-0.1, -0.05) is 18.2 Å². The van der Waals surface area contributed by atoms with Crippen molar-refractivity contribution in [2.45, 2.75) is 26.4 Å². The summed E-state index contributed by atoms with van der Waals surface area (Å²) in [5, 5.41) is 3.63. The van der Waals surface area contributed by atoms with Crippen LogP contribution in [-0.4, -0.2) is 17.5 Å². The van der Waals surface area contributed by atoms with E-state index >= 15 is 0 Å². The Bertz CT molecular complexity index is 863. The fraction of sp³-hybridized carbons (Fsp3) is 0.222. The van der Waals surface area contributed by atoms with E-state index in [-0.39, 0.29) is 18.1 Å². The molecule has 0 aliphatic carbocycles. The quantitative estimate of drug-likeness (QED) is 0.687. The van der Waals surface area contributed by atoms with Gasteiger partial charge in [0, 0.05) is 24.1 Å². The first kappa shape index (κ1) is 17.3. The third-order valence-corrected chi connectivity index (χ3v) is 4.77. The minimum atomic E-state index is -2.90. The number of aryl methyl sites for hydroxylation is 1. The van der Waals surface area contributed by atoms with Crippen LogP contribution >= 0.6 is 11.3 Å². The molecule has 2 aromatic carbocycles. The molecule has 25 heavy (non-hydrogen) atoms. The van der Waals surface area contributed by atoms with Gasteiger partial charge in [-0.3, -0.25) is 4.79 Å². The Morgan fingerprint density at radius 2 is 2.04 bits per heavy atom. The number of benzene rings is 2. The Morgan fingerprint density at radius 1 is 1.24 bits per heavy atom. The molecule has 0 atom stereocenters. The summed E-state index contributed by atoms with van der Waals surface area (Å²) in [6.07, 6.45) is 0.788. The number of aromatic nitrogens is 1. The molecule has 0 radical (unpaired) electrons. The van der Waals surface area contributed by atoms with E-state index in [1.165, 1.54) is 6.07 Å². The first-order valence-electron chi connectivity index (χ1n) is 7.71. The van der Waals surface area contributed by atoms with Gasteiger partial charge in [-0.05, 0) is 31.2 Å². The minimum Gasteiger partial charge on any atom is -0.434 e. The third-order valence-electron chi connectivity index (χ3n) is 3.68. The van der Waals surface area contributed by atoms with E-state index in [2.05, 4.69) is 15.0 Å². The van der Waals surface area contributed by atoms with Crippen LogP contribution in [0.4, 0.5) is 14.5 Å². The predicted octanol–water partition coefficient (Wildman–Crippen LogP) is 4.78. The van der Waals surface area contributed by atoms with E-state index in [1.54, 1.807) is 30.4 Å². The second-order valence-electron chi connectivity index (χ2n) is 5.43. The van der Waals surface area contributed by atoms with Gasteiger partial charge in [0.2, 0.25) is 5.91 Å². The van der Waals surface area contributed by atoms with E-state index in [0.717, 1.165) is 15.2 Å². The van der Waals surface area contributed by atoms with E-state index in [4.69, 9.17) is 0 Å². The van der Waals surface area contributed by atoms with Gasteiger partial charge in [0.1, 0.15) is 5.75 Å². The highest BCUT2D eigenvalue weighted by Gasteiger charge is 2.12. The molecule has 0 spiro atoms. The molecule has 0 aliphatic heterocycles. The number of carbonyl (C=O) groups is 1. The van der Waals surface area contributed by atoms with E-state index in [0.29, 0.717) is 17.7 Å². The summed E-state index contributed by atoms with van der Waals surface area (Å²) < 4.78 is 30.3. The highest BCUT2D eigenvalue weighted by atomic mass is 32.1. The van der Waals surface area contributed by atoms with E-state index in [1.807, 2.05) is 24.3 Å². The van der Waals surface area contributed by atoms with Gasteiger partial charge >= 0.3 is 6.61 Å². The number of nitrogens with one attached hydrogen (secondary N) is 1. The van der Waals surface area contributed by atoms with Gasteiger partial charge in [0.25, 0.3) is 0 Å². The van der Waals surface area contributed by atoms with Crippen LogP contribution in [0.2, 0.25) is 0 Å². The number of amides is 1.